The first-order valence-corrected chi connectivity index (χ1v) is 9.89. The summed E-state index contributed by atoms with van der Waals surface area (Å²) < 4.78 is 37.6. The molecule has 0 saturated carbocycles. The standard InChI is InChI=1S/C17H17N3O4S2/c1-23-13-6-7-14(15(10-13)24-2)19-12-5-8-16(18-11-12)20-26(21,22)17-4-3-9-25-17/h3-11,19H,1-2H3,(H,18,20). The van der Waals surface area contributed by atoms with Crippen LogP contribution in [0.3, 0.4) is 0 Å². The van der Waals surface area contributed by atoms with Crippen molar-refractivity contribution in [1.82, 2.24) is 4.98 Å². The predicted molar refractivity (Wildman–Crippen MR) is 102 cm³/mol. The zero-order valence-corrected chi connectivity index (χ0v) is 15.7. The number of sulfonamides is 1. The Labute approximate surface area is 155 Å². The molecular weight excluding hydrogens is 374 g/mol. The van der Waals surface area contributed by atoms with Crippen LogP contribution < -0.4 is 19.5 Å². The van der Waals surface area contributed by atoms with Crippen molar-refractivity contribution < 1.29 is 17.9 Å². The Morgan fingerprint density at radius 3 is 2.54 bits per heavy atom. The second kappa shape index (κ2) is 7.63. The third-order valence-corrected chi connectivity index (χ3v) is 6.20. The van der Waals surface area contributed by atoms with Crippen molar-refractivity contribution in [3.05, 3.63) is 54.0 Å². The van der Waals surface area contributed by atoms with Gasteiger partial charge in [-0.25, -0.2) is 13.4 Å². The number of nitrogens with one attached hydrogen (secondary N) is 2. The molecule has 3 aromatic rings. The van der Waals surface area contributed by atoms with E-state index in [2.05, 4.69) is 15.0 Å². The maximum absolute atomic E-state index is 12.2. The van der Waals surface area contributed by atoms with Crippen molar-refractivity contribution in [2.24, 2.45) is 0 Å². The van der Waals surface area contributed by atoms with Gasteiger partial charge in [-0.2, -0.15) is 0 Å². The third-order valence-electron chi connectivity index (χ3n) is 3.45. The number of rotatable bonds is 7. The number of pyridine rings is 1. The fraction of sp³-hybridized carbons (Fsp3) is 0.118. The number of thiophene rings is 1. The van der Waals surface area contributed by atoms with Crippen molar-refractivity contribution in [2.75, 3.05) is 24.3 Å². The van der Waals surface area contributed by atoms with E-state index in [0.717, 1.165) is 17.0 Å². The quantitative estimate of drug-likeness (QED) is 0.638. The van der Waals surface area contributed by atoms with Gasteiger partial charge in [-0.05, 0) is 35.7 Å². The van der Waals surface area contributed by atoms with E-state index in [9.17, 15) is 8.42 Å². The van der Waals surface area contributed by atoms with Crippen LogP contribution in [-0.4, -0.2) is 27.6 Å². The number of aromatic nitrogens is 1. The molecule has 2 N–H and O–H groups in total. The Morgan fingerprint density at radius 1 is 1.08 bits per heavy atom. The Bertz CT molecular complexity index is 972. The molecule has 2 heterocycles. The van der Waals surface area contributed by atoms with E-state index in [4.69, 9.17) is 9.47 Å². The minimum Gasteiger partial charge on any atom is -0.497 e. The summed E-state index contributed by atoms with van der Waals surface area (Å²) in [6, 6.07) is 11.9. The molecule has 0 amide bonds. The molecule has 3 rings (SSSR count). The molecule has 0 fully saturated rings. The molecule has 0 aliphatic heterocycles. The fourth-order valence-corrected chi connectivity index (χ4v) is 4.19. The lowest BCUT2D eigenvalue weighted by Gasteiger charge is -2.13. The second-order valence-corrected chi connectivity index (χ2v) is 8.02. The van der Waals surface area contributed by atoms with Gasteiger partial charge in [0, 0.05) is 6.07 Å². The summed E-state index contributed by atoms with van der Waals surface area (Å²) in [5.41, 5.74) is 1.43. The molecule has 0 radical (unpaired) electrons. The largest absolute Gasteiger partial charge is 0.497 e. The van der Waals surface area contributed by atoms with E-state index in [0.29, 0.717) is 17.2 Å². The van der Waals surface area contributed by atoms with Crippen molar-refractivity contribution in [1.29, 1.82) is 0 Å². The average Bonchev–Trinajstić information content (AvgIpc) is 3.19. The molecule has 1 aromatic carbocycles. The van der Waals surface area contributed by atoms with Gasteiger partial charge in [0.15, 0.2) is 0 Å². The molecule has 7 nitrogen and oxygen atoms in total. The summed E-state index contributed by atoms with van der Waals surface area (Å²) >= 11 is 1.15. The average molecular weight is 391 g/mol. The van der Waals surface area contributed by atoms with Crippen LogP contribution in [-0.2, 0) is 10.0 Å². The van der Waals surface area contributed by atoms with Crippen molar-refractivity contribution >= 4 is 38.6 Å². The Morgan fingerprint density at radius 2 is 1.92 bits per heavy atom. The second-order valence-electron chi connectivity index (χ2n) is 5.16. The van der Waals surface area contributed by atoms with Crippen LogP contribution in [0.25, 0.3) is 0 Å². The van der Waals surface area contributed by atoms with E-state index in [1.165, 1.54) is 6.20 Å². The zero-order valence-electron chi connectivity index (χ0n) is 14.1. The molecule has 0 atom stereocenters. The molecule has 0 aliphatic carbocycles. The normalized spacial score (nSPS) is 11.0. The summed E-state index contributed by atoms with van der Waals surface area (Å²) in [5.74, 6) is 1.54. The van der Waals surface area contributed by atoms with Crippen molar-refractivity contribution in [2.45, 2.75) is 4.21 Å². The van der Waals surface area contributed by atoms with Gasteiger partial charge in [-0.1, -0.05) is 6.07 Å². The maximum atomic E-state index is 12.2. The molecule has 9 heteroatoms. The number of methoxy groups -OCH3 is 2. The number of hydrogen-bond donors (Lipinski definition) is 2. The van der Waals surface area contributed by atoms with E-state index in [1.807, 2.05) is 12.1 Å². The lowest BCUT2D eigenvalue weighted by atomic mass is 10.2. The number of nitrogens with zero attached hydrogens (tertiary/aromatic N) is 1. The van der Waals surface area contributed by atoms with E-state index in [-0.39, 0.29) is 10.0 Å². The highest BCUT2D eigenvalue weighted by Crippen LogP contribution is 2.31. The highest BCUT2D eigenvalue weighted by Gasteiger charge is 2.15. The number of benzene rings is 1. The summed E-state index contributed by atoms with van der Waals surface area (Å²) in [4.78, 5) is 4.15. The number of ether oxygens (including phenoxy) is 2. The van der Waals surface area contributed by atoms with Gasteiger partial charge in [-0.15, -0.1) is 11.3 Å². The van der Waals surface area contributed by atoms with E-state index in [1.54, 1.807) is 49.9 Å². The monoisotopic (exact) mass is 391 g/mol. The molecule has 0 bridgehead atoms. The van der Waals surface area contributed by atoms with Gasteiger partial charge >= 0.3 is 0 Å². The molecular formula is C17H17N3O4S2. The SMILES string of the molecule is COc1ccc(Nc2ccc(NS(=O)(=O)c3cccs3)nc2)c(OC)c1. The van der Waals surface area contributed by atoms with Crippen LogP contribution in [0.4, 0.5) is 17.2 Å². The first kappa shape index (κ1) is 18.0. The minimum absolute atomic E-state index is 0.240. The Hall–Kier alpha value is -2.78. The molecule has 2 aromatic heterocycles. The lowest BCUT2D eigenvalue weighted by Crippen LogP contribution is -2.12. The number of hydrogen-bond acceptors (Lipinski definition) is 7. The van der Waals surface area contributed by atoms with Crippen LogP contribution in [0.5, 0.6) is 11.5 Å². The van der Waals surface area contributed by atoms with Crippen LogP contribution in [0.15, 0.2) is 58.3 Å². The molecule has 0 spiro atoms. The molecule has 26 heavy (non-hydrogen) atoms. The summed E-state index contributed by atoms with van der Waals surface area (Å²) in [7, 11) is -0.453. The maximum Gasteiger partial charge on any atom is 0.272 e. The van der Waals surface area contributed by atoms with Gasteiger partial charge < -0.3 is 14.8 Å². The van der Waals surface area contributed by atoms with Gasteiger partial charge in [0.05, 0.1) is 31.8 Å². The van der Waals surface area contributed by atoms with Crippen LogP contribution in [0.2, 0.25) is 0 Å². The smallest absolute Gasteiger partial charge is 0.272 e. The summed E-state index contributed by atoms with van der Waals surface area (Å²) in [5, 5.41) is 4.88. The predicted octanol–water partition coefficient (Wildman–Crippen LogP) is 3.70. The summed E-state index contributed by atoms with van der Waals surface area (Å²) in [6.45, 7) is 0. The van der Waals surface area contributed by atoms with Gasteiger partial charge in [-0.3, -0.25) is 4.72 Å². The molecule has 136 valence electrons. The van der Waals surface area contributed by atoms with Crippen LogP contribution in [0.1, 0.15) is 0 Å². The van der Waals surface area contributed by atoms with Gasteiger partial charge in [0.25, 0.3) is 10.0 Å². The van der Waals surface area contributed by atoms with Crippen LogP contribution in [0, 0.1) is 0 Å². The molecule has 0 unspecified atom stereocenters. The fourth-order valence-electron chi connectivity index (χ4n) is 2.19. The number of anilines is 3. The van der Waals surface area contributed by atoms with Crippen molar-refractivity contribution in [3.63, 3.8) is 0 Å². The van der Waals surface area contributed by atoms with E-state index >= 15 is 0 Å². The molecule has 0 saturated heterocycles. The topological polar surface area (TPSA) is 89.6 Å². The highest BCUT2D eigenvalue weighted by atomic mass is 32.2. The van der Waals surface area contributed by atoms with Crippen molar-refractivity contribution in [3.8, 4) is 11.5 Å². The first-order valence-electron chi connectivity index (χ1n) is 7.53. The Kier molecular flexibility index (Phi) is 5.29. The van der Waals surface area contributed by atoms with Crippen LogP contribution >= 0.6 is 11.3 Å². The molecule has 0 aliphatic rings. The Balaban J connectivity index is 1.74. The third kappa shape index (κ3) is 4.06. The highest BCUT2D eigenvalue weighted by molar-refractivity contribution is 7.94. The summed E-state index contributed by atoms with van der Waals surface area (Å²) in [6.07, 6.45) is 1.54. The van der Waals surface area contributed by atoms with Gasteiger partial charge in [0.1, 0.15) is 21.5 Å². The minimum atomic E-state index is -3.61. The first-order chi connectivity index (χ1) is 12.5. The van der Waals surface area contributed by atoms with E-state index < -0.39 is 10.0 Å². The lowest BCUT2D eigenvalue weighted by molar-refractivity contribution is 0.395. The zero-order chi connectivity index (χ0) is 18.6. The van der Waals surface area contributed by atoms with Gasteiger partial charge in [0.2, 0.25) is 0 Å².